The number of benzene rings is 3. The van der Waals surface area contributed by atoms with E-state index < -0.39 is 4.92 Å². The molecule has 0 aliphatic carbocycles. The van der Waals surface area contributed by atoms with E-state index in [1.54, 1.807) is 41.3 Å². The van der Waals surface area contributed by atoms with Crippen molar-refractivity contribution in [2.75, 3.05) is 30.0 Å². The Morgan fingerprint density at radius 2 is 1.89 bits per heavy atom. The highest BCUT2D eigenvalue weighted by Crippen LogP contribution is 2.34. The molecule has 4 rings (SSSR count). The fourth-order valence-electron chi connectivity index (χ4n) is 3.64. The lowest BCUT2D eigenvalue weighted by atomic mass is 10.2. The lowest BCUT2D eigenvalue weighted by Crippen LogP contribution is -2.39. The summed E-state index contributed by atoms with van der Waals surface area (Å²) in [4.78, 5) is 36.9. The Labute approximate surface area is 208 Å². The maximum atomic E-state index is 12.5. The van der Waals surface area contributed by atoms with Crippen molar-refractivity contribution in [3.8, 4) is 11.5 Å². The molecule has 9 heteroatoms. The monoisotopic (exact) mass is 487 g/mol. The number of rotatable bonds is 9. The molecule has 1 aliphatic rings. The summed E-state index contributed by atoms with van der Waals surface area (Å²) in [5.41, 5.74) is 2.88. The molecule has 36 heavy (non-hydrogen) atoms. The van der Waals surface area contributed by atoms with Gasteiger partial charge in [-0.25, -0.2) is 0 Å². The lowest BCUT2D eigenvalue weighted by molar-refractivity contribution is -0.384. The summed E-state index contributed by atoms with van der Waals surface area (Å²) in [5, 5.41) is 13.5. The zero-order chi connectivity index (χ0) is 25.5. The maximum Gasteiger partial charge on any atom is 0.269 e. The summed E-state index contributed by atoms with van der Waals surface area (Å²) >= 11 is 0. The molecule has 0 bridgehead atoms. The normalized spacial score (nSPS) is 12.7. The van der Waals surface area contributed by atoms with Crippen molar-refractivity contribution in [1.29, 1.82) is 0 Å². The zero-order valence-electron chi connectivity index (χ0n) is 19.7. The molecule has 1 N–H and O–H groups in total. The molecular weight excluding hydrogens is 462 g/mol. The molecule has 1 aliphatic heterocycles. The Morgan fingerprint density at radius 3 is 2.61 bits per heavy atom. The van der Waals surface area contributed by atoms with Gasteiger partial charge in [0.05, 0.1) is 17.2 Å². The molecule has 0 saturated carbocycles. The smallest absolute Gasteiger partial charge is 0.269 e. The number of carbonyl (C=O) groups excluding carboxylic acids is 2. The van der Waals surface area contributed by atoms with Gasteiger partial charge < -0.3 is 19.7 Å². The quantitative estimate of drug-likeness (QED) is 0.202. The Bertz CT molecular complexity index is 1290. The van der Waals surface area contributed by atoms with Gasteiger partial charge in [0.1, 0.15) is 11.5 Å². The van der Waals surface area contributed by atoms with E-state index in [9.17, 15) is 19.7 Å². The van der Waals surface area contributed by atoms with E-state index >= 15 is 0 Å². The first kappa shape index (κ1) is 24.5. The molecule has 9 nitrogen and oxygen atoms in total. The van der Waals surface area contributed by atoms with Gasteiger partial charge in [0.25, 0.3) is 11.6 Å². The summed E-state index contributed by atoms with van der Waals surface area (Å²) in [7, 11) is 0. The number of nitro benzene ring substituents is 1. The van der Waals surface area contributed by atoms with E-state index in [2.05, 4.69) is 5.32 Å². The topological polar surface area (TPSA) is 111 Å². The fraction of sp³-hybridized carbons (Fsp3) is 0.185. The number of nitrogens with zero attached hydrogens (tertiary/aromatic N) is 2. The number of hydrogen-bond acceptors (Lipinski definition) is 6. The summed E-state index contributed by atoms with van der Waals surface area (Å²) in [5.74, 6) is 0.795. The summed E-state index contributed by atoms with van der Waals surface area (Å²) in [6.07, 6.45) is 3.51. The van der Waals surface area contributed by atoms with Crippen molar-refractivity contribution in [3.05, 3.63) is 94.0 Å². The third-order valence-electron chi connectivity index (χ3n) is 5.52. The molecule has 3 aromatic rings. The molecule has 0 atom stereocenters. The SMILES string of the molecule is Cc1ccc(OCCCN2C(=O)COc3ccc(NC(=O)/C=C/c4ccc([N+](=O)[O-])cc4)cc32)cc1. The van der Waals surface area contributed by atoms with E-state index in [0.717, 1.165) is 11.3 Å². The highest BCUT2D eigenvalue weighted by atomic mass is 16.6. The molecule has 0 fully saturated rings. The third kappa shape index (κ3) is 6.26. The molecule has 1 heterocycles. The molecule has 0 aromatic heterocycles. The predicted octanol–water partition coefficient (Wildman–Crippen LogP) is 4.75. The number of ether oxygens (including phenoxy) is 2. The second-order valence-corrected chi connectivity index (χ2v) is 8.20. The third-order valence-corrected chi connectivity index (χ3v) is 5.52. The minimum atomic E-state index is -0.481. The van der Waals surface area contributed by atoms with Crippen LogP contribution in [0.2, 0.25) is 0 Å². The van der Waals surface area contributed by atoms with Crippen LogP contribution in [0.25, 0.3) is 6.08 Å². The lowest BCUT2D eigenvalue weighted by Gasteiger charge is -2.29. The number of anilines is 2. The largest absolute Gasteiger partial charge is 0.494 e. The van der Waals surface area contributed by atoms with Gasteiger partial charge in [-0.15, -0.1) is 0 Å². The van der Waals surface area contributed by atoms with Gasteiger partial charge in [0.2, 0.25) is 5.91 Å². The zero-order valence-corrected chi connectivity index (χ0v) is 19.7. The number of aryl methyl sites for hydroxylation is 1. The van der Waals surface area contributed by atoms with Crippen LogP contribution in [0.1, 0.15) is 17.5 Å². The average Bonchev–Trinajstić information content (AvgIpc) is 2.87. The van der Waals surface area contributed by atoms with Gasteiger partial charge in [-0.1, -0.05) is 17.7 Å². The first-order chi connectivity index (χ1) is 17.4. The van der Waals surface area contributed by atoms with Crippen LogP contribution in [0.3, 0.4) is 0 Å². The molecule has 3 aromatic carbocycles. The Hall–Kier alpha value is -4.66. The van der Waals surface area contributed by atoms with Crippen LogP contribution in [0.5, 0.6) is 11.5 Å². The second-order valence-electron chi connectivity index (χ2n) is 8.20. The number of amides is 2. The van der Waals surface area contributed by atoms with Gasteiger partial charge in [0.15, 0.2) is 6.61 Å². The van der Waals surface area contributed by atoms with Crippen molar-refractivity contribution in [2.24, 2.45) is 0 Å². The molecule has 0 radical (unpaired) electrons. The molecule has 0 saturated heterocycles. The number of nitrogens with one attached hydrogen (secondary N) is 1. The van der Waals surface area contributed by atoms with Crippen molar-refractivity contribution in [1.82, 2.24) is 0 Å². The van der Waals surface area contributed by atoms with Crippen LogP contribution >= 0.6 is 0 Å². The van der Waals surface area contributed by atoms with Crippen molar-refractivity contribution in [2.45, 2.75) is 13.3 Å². The number of carbonyl (C=O) groups is 2. The number of non-ortho nitro benzene ring substituents is 1. The molecule has 2 amide bonds. The summed E-state index contributed by atoms with van der Waals surface area (Å²) in [6.45, 7) is 2.86. The summed E-state index contributed by atoms with van der Waals surface area (Å²) < 4.78 is 11.3. The first-order valence-corrected chi connectivity index (χ1v) is 11.4. The van der Waals surface area contributed by atoms with E-state index in [1.165, 1.54) is 18.2 Å². The van der Waals surface area contributed by atoms with E-state index in [1.807, 2.05) is 31.2 Å². The van der Waals surface area contributed by atoms with Crippen LogP contribution in [-0.2, 0) is 9.59 Å². The van der Waals surface area contributed by atoms with E-state index in [0.29, 0.717) is 42.3 Å². The van der Waals surface area contributed by atoms with Gasteiger partial charge in [-0.3, -0.25) is 19.7 Å². The predicted molar refractivity (Wildman–Crippen MR) is 136 cm³/mol. The standard InChI is InChI=1S/C27H25N3O6/c1-19-3-11-23(12-4-19)35-16-2-15-29-24-17-21(8-13-25(24)36-18-27(29)32)28-26(31)14-7-20-5-9-22(10-6-20)30(33)34/h3-14,17H,2,15-16,18H2,1H3,(H,28,31)/b14-7+. The second kappa shape index (κ2) is 11.2. The van der Waals surface area contributed by atoms with Gasteiger partial charge in [-0.05, 0) is 67.4 Å². The van der Waals surface area contributed by atoms with Gasteiger partial charge in [0, 0.05) is 30.4 Å². The highest BCUT2D eigenvalue weighted by Gasteiger charge is 2.25. The average molecular weight is 488 g/mol. The Morgan fingerprint density at radius 1 is 1.14 bits per heavy atom. The van der Waals surface area contributed by atoms with Gasteiger partial charge >= 0.3 is 0 Å². The number of fused-ring (bicyclic) bond motifs is 1. The number of hydrogen-bond donors (Lipinski definition) is 1. The van der Waals surface area contributed by atoms with E-state index in [4.69, 9.17) is 9.47 Å². The van der Waals surface area contributed by atoms with Crippen molar-refractivity contribution < 1.29 is 24.0 Å². The van der Waals surface area contributed by atoms with E-state index in [-0.39, 0.29) is 24.1 Å². The van der Waals surface area contributed by atoms with Crippen LogP contribution in [0.15, 0.2) is 72.8 Å². The molecule has 0 unspecified atom stereocenters. The van der Waals surface area contributed by atoms with Crippen molar-refractivity contribution in [3.63, 3.8) is 0 Å². The highest BCUT2D eigenvalue weighted by molar-refractivity contribution is 6.03. The van der Waals surface area contributed by atoms with Crippen molar-refractivity contribution >= 4 is 35.0 Å². The van der Waals surface area contributed by atoms with Crippen LogP contribution < -0.4 is 19.7 Å². The molecule has 184 valence electrons. The Kier molecular flexibility index (Phi) is 7.60. The van der Waals surface area contributed by atoms with Crippen LogP contribution in [0, 0.1) is 17.0 Å². The Balaban J connectivity index is 1.36. The minimum absolute atomic E-state index is 0.0197. The van der Waals surface area contributed by atoms with Crippen LogP contribution in [0.4, 0.5) is 17.1 Å². The first-order valence-electron chi connectivity index (χ1n) is 11.4. The summed E-state index contributed by atoms with van der Waals surface area (Å²) in [6, 6.07) is 18.8. The fourth-order valence-corrected chi connectivity index (χ4v) is 3.64. The maximum absolute atomic E-state index is 12.5. The molecular formula is C27H25N3O6. The van der Waals surface area contributed by atoms with Gasteiger partial charge in [-0.2, -0.15) is 0 Å². The number of nitro groups is 1. The molecule has 0 spiro atoms. The van der Waals surface area contributed by atoms with Crippen LogP contribution in [-0.4, -0.2) is 36.5 Å². The minimum Gasteiger partial charge on any atom is -0.494 e.